The van der Waals surface area contributed by atoms with E-state index in [4.69, 9.17) is 9.47 Å². The van der Waals surface area contributed by atoms with E-state index in [1.807, 2.05) is 0 Å². The van der Waals surface area contributed by atoms with Gasteiger partial charge >= 0.3 is 0 Å². The number of Topliss-reactive ketones (excluding diaryl/α,β-unsaturated/α-hetero) is 3. The molecule has 6 aliphatic rings. The van der Waals surface area contributed by atoms with Crippen molar-refractivity contribution in [2.24, 2.45) is 52.3 Å². The number of ketones is 3. The van der Waals surface area contributed by atoms with E-state index in [0.29, 0.717) is 37.4 Å². The SMILES string of the molecule is CC1CC[C@@]2(OC1)O[C@H]1C[C@H]3[C@@H]4CC(=O)C5CC(=O)CC[C@]5(C)[C@H]4CC(=O)[C@]3(C)[C@H]1[C@@H]2C. The molecule has 5 heteroatoms. The summed E-state index contributed by atoms with van der Waals surface area (Å²) >= 11 is 0. The highest BCUT2D eigenvalue weighted by atomic mass is 16.7. The van der Waals surface area contributed by atoms with Crippen molar-refractivity contribution in [1.82, 2.24) is 0 Å². The maximum absolute atomic E-state index is 14.0. The van der Waals surface area contributed by atoms with E-state index in [9.17, 15) is 14.4 Å². The lowest BCUT2D eigenvalue weighted by Gasteiger charge is -2.59. The van der Waals surface area contributed by atoms with E-state index in [0.717, 1.165) is 32.3 Å². The number of hydrogen-bond acceptors (Lipinski definition) is 5. The summed E-state index contributed by atoms with van der Waals surface area (Å²) in [5.41, 5.74) is -0.645. The maximum Gasteiger partial charge on any atom is 0.171 e. The quantitative estimate of drug-likeness (QED) is 0.557. The second kappa shape index (κ2) is 6.75. The summed E-state index contributed by atoms with van der Waals surface area (Å²) < 4.78 is 13.1. The summed E-state index contributed by atoms with van der Waals surface area (Å²) in [5.74, 6) is 1.72. The average molecular weight is 443 g/mol. The molecule has 0 amide bonds. The van der Waals surface area contributed by atoms with Crippen LogP contribution in [0.2, 0.25) is 0 Å². The number of rotatable bonds is 0. The van der Waals surface area contributed by atoms with Gasteiger partial charge in [-0.05, 0) is 48.3 Å². The Morgan fingerprint density at radius 3 is 2.47 bits per heavy atom. The van der Waals surface area contributed by atoms with Gasteiger partial charge in [0.15, 0.2) is 5.79 Å². The molecule has 11 atom stereocenters. The van der Waals surface area contributed by atoms with Crippen LogP contribution in [0.3, 0.4) is 0 Å². The minimum absolute atomic E-state index is 0.0460. The van der Waals surface area contributed by atoms with Crippen LogP contribution in [0, 0.1) is 52.3 Å². The monoisotopic (exact) mass is 442 g/mol. The highest BCUT2D eigenvalue weighted by molar-refractivity contribution is 5.93. The van der Waals surface area contributed by atoms with Crippen LogP contribution in [-0.2, 0) is 23.9 Å². The number of carbonyl (C=O) groups excluding carboxylic acids is 3. The van der Waals surface area contributed by atoms with Gasteiger partial charge in [-0.15, -0.1) is 0 Å². The summed E-state index contributed by atoms with van der Waals surface area (Å²) in [6, 6.07) is 0. The van der Waals surface area contributed by atoms with Crippen LogP contribution < -0.4 is 0 Å². The average Bonchev–Trinajstić information content (AvgIpc) is 3.19. The van der Waals surface area contributed by atoms with Gasteiger partial charge in [-0.3, -0.25) is 14.4 Å². The fraction of sp³-hybridized carbons (Fsp3) is 0.889. The molecule has 6 rings (SSSR count). The lowest BCUT2D eigenvalue weighted by atomic mass is 9.44. The highest BCUT2D eigenvalue weighted by Crippen LogP contribution is 2.69. The molecule has 0 N–H and O–H groups in total. The third kappa shape index (κ3) is 2.56. The van der Waals surface area contributed by atoms with Crippen LogP contribution in [-0.4, -0.2) is 35.8 Å². The highest BCUT2D eigenvalue weighted by Gasteiger charge is 2.72. The molecule has 0 aromatic rings. The van der Waals surface area contributed by atoms with E-state index < -0.39 is 11.2 Å². The number of ether oxygens (including phenoxy) is 2. The molecule has 2 aliphatic heterocycles. The molecule has 2 unspecified atom stereocenters. The Kier molecular flexibility index (Phi) is 4.53. The van der Waals surface area contributed by atoms with Gasteiger partial charge in [0.1, 0.15) is 17.3 Å². The Labute approximate surface area is 191 Å². The Balaban J connectivity index is 1.33. The predicted molar refractivity (Wildman–Crippen MR) is 118 cm³/mol. The molecule has 5 nitrogen and oxygen atoms in total. The van der Waals surface area contributed by atoms with Gasteiger partial charge in [-0.2, -0.15) is 0 Å². The molecule has 0 bridgehead atoms. The van der Waals surface area contributed by atoms with Crippen molar-refractivity contribution in [2.45, 2.75) is 91.0 Å². The van der Waals surface area contributed by atoms with Crippen LogP contribution in [0.25, 0.3) is 0 Å². The summed E-state index contributed by atoms with van der Waals surface area (Å²) in [4.78, 5) is 39.4. The van der Waals surface area contributed by atoms with Crippen molar-refractivity contribution >= 4 is 17.3 Å². The van der Waals surface area contributed by atoms with Crippen LogP contribution in [0.5, 0.6) is 0 Å². The summed E-state index contributed by atoms with van der Waals surface area (Å²) in [5, 5.41) is 0. The van der Waals surface area contributed by atoms with Gasteiger partial charge in [-0.25, -0.2) is 0 Å². The first kappa shape index (κ1) is 21.5. The molecule has 0 aromatic carbocycles. The van der Waals surface area contributed by atoms with E-state index in [1.54, 1.807) is 0 Å². The molecular formula is C27H38O5. The van der Waals surface area contributed by atoms with Gasteiger partial charge in [0.2, 0.25) is 0 Å². The molecule has 176 valence electrons. The smallest absolute Gasteiger partial charge is 0.171 e. The van der Waals surface area contributed by atoms with Gasteiger partial charge in [0.05, 0.1) is 12.7 Å². The molecule has 2 saturated heterocycles. The molecule has 4 saturated carbocycles. The first-order valence-electron chi connectivity index (χ1n) is 13.0. The minimum Gasteiger partial charge on any atom is -0.349 e. The standard InChI is InChI=1S/C27H38O5/c1-14-5-8-27(31-13-14)15(2)24-22(32-27)11-19-17-10-21(29)20-9-16(28)6-7-25(20,3)18(17)12-23(30)26(19,24)4/h14-15,17-20,22,24H,5-13H2,1-4H3/t14?,15-,17+,18-,19-,20?,22-,24-,25+,26+,27+/m0/s1. The third-order valence-electron chi connectivity index (χ3n) is 11.4. The molecule has 4 aliphatic carbocycles. The topological polar surface area (TPSA) is 69.7 Å². The fourth-order valence-corrected chi connectivity index (χ4v) is 9.53. The van der Waals surface area contributed by atoms with Crippen molar-refractivity contribution in [1.29, 1.82) is 0 Å². The van der Waals surface area contributed by atoms with Crippen molar-refractivity contribution in [2.75, 3.05) is 6.61 Å². The summed E-state index contributed by atoms with van der Waals surface area (Å²) in [6.45, 7) is 9.59. The predicted octanol–water partition coefficient (Wildman–Crippen LogP) is 4.36. The first-order valence-corrected chi connectivity index (χ1v) is 13.0. The summed E-state index contributed by atoms with van der Waals surface area (Å²) in [6.07, 6.45) is 5.74. The largest absolute Gasteiger partial charge is 0.349 e. The zero-order valence-corrected chi connectivity index (χ0v) is 20.0. The number of fused-ring (bicyclic) bond motifs is 7. The third-order valence-corrected chi connectivity index (χ3v) is 11.4. The second-order valence-corrected chi connectivity index (χ2v) is 12.7. The van der Waals surface area contributed by atoms with Crippen molar-refractivity contribution in [3.05, 3.63) is 0 Å². The molecule has 0 aromatic heterocycles. The Hall–Kier alpha value is -1.07. The fourth-order valence-electron chi connectivity index (χ4n) is 9.53. The van der Waals surface area contributed by atoms with Crippen LogP contribution in [0.15, 0.2) is 0 Å². The minimum atomic E-state index is -0.532. The Morgan fingerprint density at radius 2 is 1.75 bits per heavy atom. The Bertz CT molecular complexity index is 871. The molecule has 32 heavy (non-hydrogen) atoms. The molecule has 2 heterocycles. The zero-order valence-electron chi connectivity index (χ0n) is 20.0. The van der Waals surface area contributed by atoms with Crippen LogP contribution in [0.4, 0.5) is 0 Å². The first-order chi connectivity index (χ1) is 15.1. The van der Waals surface area contributed by atoms with E-state index >= 15 is 0 Å². The van der Waals surface area contributed by atoms with Crippen LogP contribution in [0.1, 0.15) is 79.1 Å². The van der Waals surface area contributed by atoms with Crippen LogP contribution >= 0.6 is 0 Å². The number of hydrogen-bond donors (Lipinski definition) is 0. The normalized spacial score (nSPS) is 57.2. The van der Waals surface area contributed by atoms with Crippen molar-refractivity contribution < 1.29 is 23.9 Å². The lowest BCUT2D eigenvalue weighted by Crippen LogP contribution is -2.60. The van der Waals surface area contributed by atoms with Gasteiger partial charge in [0, 0.05) is 55.3 Å². The second-order valence-electron chi connectivity index (χ2n) is 12.7. The summed E-state index contributed by atoms with van der Waals surface area (Å²) in [7, 11) is 0. The van der Waals surface area contributed by atoms with Gasteiger partial charge in [0.25, 0.3) is 0 Å². The van der Waals surface area contributed by atoms with Gasteiger partial charge < -0.3 is 9.47 Å². The Morgan fingerprint density at radius 1 is 0.969 bits per heavy atom. The molecule has 0 radical (unpaired) electrons. The van der Waals surface area contributed by atoms with E-state index in [-0.39, 0.29) is 58.6 Å². The lowest BCUT2D eigenvalue weighted by molar-refractivity contribution is -0.272. The maximum atomic E-state index is 14.0. The zero-order chi connectivity index (χ0) is 22.6. The van der Waals surface area contributed by atoms with Crippen molar-refractivity contribution in [3.63, 3.8) is 0 Å². The number of carbonyl (C=O) groups is 3. The van der Waals surface area contributed by atoms with E-state index in [2.05, 4.69) is 27.7 Å². The van der Waals surface area contributed by atoms with Crippen molar-refractivity contribution in [3.8, 4) is 0 Å². The van der Waals surface area contributed by atoms with Gasteiger partial charge in [-0.1, -0.05) is 27.7 Å². The molecular weight excluding hydrogens is 404 g/mol. The van der Waals surface area contributed by atoms with E-state index in [1.165, 1.54) is 0 Å². The molecule has 1 spiro atoms. The molecule has 6 fully saturated rings.